The number of hydrogen-bond donors (Lipinski definition) is 0. The van der Waals surface area contributed by atoms with E-state index in [1.165, 1.54) is 18.5 Å². The van der Waals surface area contributed by atoms with Crippen LogP contribution in [0.25, 0.3) is 0 Å². The molecule has 3 rings (SSSR count). The van der Waals surface area contributed by atoms with Gasteiger partial charge in [-0.1, -0.05) is 6.07 Å². The monoisotopic (exact) mass is 343 g/mol. The number of imidazole rings is 1. The van der Waals surface area contributed by atoms with Crippen molar-refractivity contribution in [1.82, 2.24) is 24.3 Å². The van der Waals surface area contributed by atoms with E-state index in [4.69, 9.17) is 4.74 Å². The van der Waals surface area contributed by atoms with Gasteiger partial charge in [-0.25, -0.2) is 9.97 Å². The first-order valence-corrected chi connectivity index (χ1v) is 8.93. The Labute approximate surface area is 150 Å². The maximum atomic E-state index is 5.23. The molecule has 0 aliphatic carbocycles. The van der Waals surface area contributed by atoms with Crippen LogP contribution in [0.4, 0.5) is 0 Å². The van der Waals surface area contributed by atoms with Gasteiger partial charge in [0.05, 0.1) is 30.9 Å². The molecule has 1 aliphatic heterocycles. The molecule has 0 unspecified atom stereocenters. The molecule has 1 saturated heterocycles. The minimum absolute atomic E-state index is 0.418. The second kappa shape index (κ2) is 7.97. The third-order valence-corrected chi connectivity index (χ3v) is 5.13. The summed E-state index contributed by atoms with van der Waals surface area (Å²) < 4.78 is 7.39. The predicted molar refractivity (Wildman–Crippen MR) is 98.4 cm³/mol. The van der Waals surface area contributed by atoms with E-state index >= 15 is 0 Å². The van der Waals surface area contributed by atoms with E-state index in [9.17, 15) is 0 Å². The lowest BCUT2D eigenvalue weighted by Crippen LogP contribution is -2.41. The second-order valence-corrected chi connectivity index (χ2v) is 7.13. The molecule has 25 heavy (non-hydrogen) atoms. The van der Waals surface area contributed by atoms with Crippen LogP contribution in [-0.2, 0) is 13.6 Å². The molecule has 1 aliphatic rings. The van der Waals surface area contributed by atoms with Gasteiger partial charge in [0.15, 0.2) is 0 Å². The first-order chi connectivity index (χ1) is 12.1. The summed E-state index contributed by atoms with van der Waals surface area (Å²) in [5.41, 5.74) is 2.35. The summed E-state index contributed by atoms with van der Waals surface area (Å²) in [6.07, 6.45) is 6.42. The van der Waals surface area contributed by atoms with Crippen molar-refractivity contribution in [3.63, 3.8) is 0 Å². The van der Waals surface area contributed by atoms with Crippen LogP contribution in [-0.4, -0.2) is 58.6 Å². The lowest BCUT2D eigenvalue weighted by molar-refractivity contribution is 0.0877. The summed E-state index contributed by atoms with van der Waals surface area (Å²) in [6.45, 7) is 3.02. The number of hydrogen-bond acceptors (Lipinski definition) is 5. The van der Waals surface area contributed by atoms with Crippen molar-refractivity contribution in [3.8, 4) is 5.88 Å². The largest absolute Gasteiger partial charge is 0.481 e. The molecule has 3 heterocycles. The fourth-order valence-electron chi connectivity index (χ4n) is 3.97. The molecule has 136 valence electrons. The molecule has 0 bridgehead atoms. The van der Waals surface area contributed by atoms with Crippen LogP contribution in [0.3, 0.4) is 0 Å². The van der Waals surface area contributed by atoms with Crippen molar-refractivity contribution in [2.24, 2.45) is 13.0 Å². The van der Waals surface area contributed by atoms with Gasteiger partial charge in [-0.15, -0.1) is 0 Å². The van der Waals surface area contributed by atoms with Crippen LogP contribution < -0.4 is 4.74 Å². The standard InChI is InChI=1S/C19H29N5O/c1-22(13-16-8-5-9-18(21-16)25-4)12-15-7-6-10-23(2)19(15)17-11-20-14-24(17)3/h5,8-9,11,14-15,19H,6-7,10,12-13H2,1-4H3/t15-,19+/m0/s1. The highest BCUT2D eigenvalue weighted by Gasteiger charge is 2.32. The number of aryl methyl sites for hydroxylation is 1. The van der Waals surface area contributed by atoms with Crippen molar-refractivity contribution in [1.29, 1.82) is 0 Å². The SMILES string of the molecule is COc1cccc(CN(C)C[C@@H]2CCCN(C)[C@H]2c2cncn2C)n1. The van der Waals surface area contributed by atoms with E-state index in [0.717, 1.165) is 25.3 Å². The first-order valence-electron chi connectivity index (χ1n) is 8.93. The Morgan fingerprint density at radius 2 is 2.16 bits per heavy atom. The Morgan fingerprint density at radius 3 is 2.88 bits per heavy atom. The zero-order valence-electron chi connectivity index (χ0n) is 15.7. The van der Waals surface area contributed by atoms with Crippen molar-refractivity contribution >= 4 is 0 Å². The summed E-state index contributed by atoms with van der Waals surface area (Å²) in [4.78, 5) is 13.7. The zero-order valence-corrected chi connectivity index (χ0v) is 15.7. The Hall–Kier alpha value is -1.92. The van der Waals surface area contributed by atoms with Gasteiger partial charge in [0, 0.05) is 32.4 Å². The molecule has 0 amide bonds. The topological polar surface area (TPSA) is 46.4 Å². The maximum absolute atomic E-state index is 5.23. The molecule has 2 aromatic heterocycles. The van der Waals surface area contributed by atoms with E-state index in [0.29, 0.717) is 17.8 Å². The molecule has 0 radical (unpaired) electrons. The third-order valence-electron chi connectivity index (χ3n) is 5.13. The molecular formula is C19H29N5O. The van der Waals surface area contributed by atoms with E-state index in [1.54, 1.807) is 7.11 Å². The van der Waals surface area contributed by atoms with Gasteiger partial charge < -0.3 is 14.2 Å². The normalized spacial score (nSPS) is 21.6. The Bertz CT molecular complexity index is 686. The molecule has 6 heteroatoms. The highest BCUT2D eigenvalue weighted by molar-refractivity contribution is 5.15. The number of ether oxygens (including phenoxy) is 1. The van der Waals surface area contributed by atoms with E-state index in [1.807, 2.05) is 24.7 Å². The molecule has 0 aromatic carbocycles. The number of nitrogens with zero attached hydrogens (tertiary/aromatic N) is 5. The van der Waals surface area contributed by atoms with Crippen LogP contribution in [0.1, 0.15) is 30.3 Å². The molecule has 1 fully saturated rings. The minimum Gasteiger partial charge on any atom is -0.481 e. The third kappa shape index (κ3) is 4.19. The summed E-state index contributed by atoms with van der Waals surface area (Å²) in [6, 6.07) is 6.37. The van der Waals surface area contributed by atoms with Gasteiger partial charge in [0.25, 0.3) is 0 Å². The quantitative estimate of drug-likeness (QED) is 0.806. The average molecular weight is 343 g/mol. The van der Waals surface area contributed by atoms with Crippen LogP contribution in [0.5, 0.6) is 5.88 Å². The molecular weight excluding hydrogens is 314 g/mol. The van der Waals surface area contributed by atoms with Crippen LogP contribution in [0.2, 0.25) is 0 Å². The lowest BCUT2D eigenvalue weighted by Gasteiger charge is -2.40. The second-order valence-electron chi connectivity index (χ2n) is 7.13. The smallest absolute Gasteiger partial charge is 0.213 e. The van der Waals surface area contributed by atoms with Crippen molar-refractivity contribution in [2.75, 3.05) is 34.3 Å². The van der Waals surface area contributed by atoms with Crippen molar-refractivity contribution in [2.45, 2.75) is 25.4 Å². The van der Waals surface area contributed by atoms with Crippen LogP contribution >= 0.6 is 0 Å². The molecule has 6 nitrogen and oxygen atoms in total. The highest BCUT2D eigenvalue weighted by Crippen LogP contribution is 2.35. The van der Waals surface area contributed by atoms with Gasteiger partial charge in [0.1, 0.15) is 0 Å². The Morgan fingerprint density at radius 1 is 1.32 bits per heavy atom. The van der Waals surface area contributed by atoms with Crippen molar-refractivity contribution in [3.05, 3.63) is 42.1 Å². The highest BCUT2D eigenvalue weighted by atomic mass is 16.5. The fourth-order valence-corrected chi connectivity index (χ4v) is 3.97. The molecule has 2 atom stereocenters. The predicted octanol–water partition coefficient (Wildman–Crippen LogP) is 2.34. The van der Waals surface area contributed by atoms with E-state index in [-0.39, 0.29) is 0 Å². The van der Waals surface area contributed by atoms with Crippen molar-refractivity contribution < 1.29 is 4.74 Å². The summed E-state index contributed by atoms with van der Waals surface area (Å²) in [5, 5.41) is 0. The number of likely N-dealkylation sites (tertiary alicyclic amines) is 1. The Kier molecular flexibility index (Phi) is 5.71. The molecule has 0 N–H and O–H groups in total. The number of rotatable bonds is 6. The Balaban J connectivity index is 1.69. The average Bonchev–Trinajstić information content (AvgIpc) is 3.01. The zero-order chi connectivity index (χ0) is 17.8. The number of pyridine rings is 1. The minimum atomic E-state index is 0.418. The summed E-state index contributed by atoms with van der Waals surface area (Å²) in [5.74, 6) is 1.26. The molecule has 2 aromatic rings. The van der Waals surface area contributed by atoms with Gasteiger partial charge in [-0.3, -0.25) is 4.90 Å². The fraction of sp³-hybridized carbons (Fsp3) is 0.579. The van der Waals surface area contributed by atoms with Gasteiger partial charge in [0.2, 0.25) is 5.88 Å². The van der Waals surface area contributed by atoms with E-state index in [2.05, 4.69) is 51.5 Å². The van der Waals surface area contributed by atoms with Crippen LogP contribution in [0, 0.1) is 5.92 Å². The van der Waals surface area contributed by atoms with Crippen LogP contribution in [0.15, 0.2) is 30.7 Å². The molecule has 0 saturated carbocycles. The van der Waals surface area contributed by atoms with E-state index < -0.39 is 0 Å². The first kappa shape index (κ1) is 17.9. The number of aromatic nitrogens is 3. The number of methoxy groups -OCH3 is 1. The lowest BCUT2D eigenvalue weighted by atomic mass is 9.87. The summed E-state index contributed by atoms with van der Waals surface area (Å²) in [7, 11) is 8.15. The molecule has 0 spiro atoms. The number of piperidine rings is 1. The summed E-state index contributed by atoms with van der Waals surface area (Å²) >= 11 is 0. The van der Waals surface area contributed by atoms with Gasteiger partial charge in [-0.2, -0.15) is 0 Å². The van der Waals surface area contributed by atoms with Gasteiger partial charge in [-0.05, 0) is 45.5 Å². The van der Waals surface area contributed by atoms with Gasteiger partial charge >= 0.3 is 0 Å². The maximum Gasteiger partial charge on any atom is 0.213 e.